The van der Waals surface area contributed by atoms with Crippen LogP contribution in [0.5, 0.6) is 0 Å². The van der Waals surface area contributed by atoms with Crippen molar-refractivity contribution in [3.63, 3.8) is 0 Å². The van der Waals surface area contributed by atoms with Gasteiger partial charge in [0.2, 0.25) is 0 Å². The fraction of sp³-hybridized carbons (Fsp3) is 0.222. The van der Waals surface area contributed by atoms with Crippen molar-refractivity contribution in [3.05, 3.63) is 40.5 Å². The summed E-state index contributed by atoms with van der Waals surface area (Å²) in [6.07, 6.45) is 3.95. The Morgan fingerprint density at radius 3 is 2.88 bits per heavy atom. The van der Waals surface area contributed by atoms with E-state index in [4.69, 9.17) is 5.11 Å². The van der Waals surface area contributed by atoms with E-state index in [9.17, 15) is 15.3 Å². The van der Waals surface area contributed by atoms with E-state index in [1.165, 1.54) is 6.20 Å². The lowest BCUT2D eigenvalue weighted by molar-refractivity contribution is 0.0702. The Kier molecular flexibility index (Phi) is 3.52. The van der Waals surface area contributed by atoms with Gasteiger partial charge < -0.3 is 9.67 Å². The molecule has 1 atom stereocenters. The standard InChI is InChI=1S/C18H12N4O2S/c19-7-12-5-11(17-21-9-15(25-17)18(23)24)4-10-6-13-2-1-3-14(8-20)22(13)16(10)12/h4-6,9,14H,1-3H2,(H,23,24)/t14-/m0/s1. The molecule has 7 heteroatoms. The van der Waals surface area contributed by atoms with Gasteiger partial charge in [-0.25, -0.2) is 9.78 Å². The quantitative estimate of drug-likeness (QED) is 0.760. The Hall–Kier alpha value is -3.16. The molecule has 122 valence electrons. The first-order valence-electron chi connectivity index (χ1n) is 7.79. The molecule has 0 radical (unpaired) electrons. The third-order valence-electron chi connectivity index (χ3n) is 4.47. The molecule has 2 aromatic heterocycles. The van der Waals surface area contributed by atoms with E-state index in [1.807, 2.05) is 16.7 Å². The average Bonchev–Trinajstić information content (AvgIpc) is 3.25. The number of thiazole rings is 1. The van der Waals surface area contributed by atoms with Crippen molar-refractivity contribution >= 4 is 28.2 Å². The van der Waals surface area contributed by atoms with Crippen LogP contribution in [0.15, 0.2) is 24.4 Å². The lowest BCUT2D eigenvalue weighted by Crippen LogP contribution is -2.16. The van der Waals surface area contributed by atoms with E-state index in [0.29, 0.717) is 10.6 Å². The molecule has 1 aromatic carbocycles. The summed E-state index contributed by atoms with van der Waals surface area (Å²) in [4.78, 5) is 15.4. The third-order valence-corrected chi connectivity index (χ3v) is 5.50. The first-order chi connectivity index (χ1) is 12.1. The number of hydrogen-bond acceptors (Lipinski definition) is 5. The molecule has 0 unspecified atom stereocenters. The van der Waals surface area contributed by atoms with Gasteiger partial charge in [-0.3, -0.25) is 0 Å². The Labute approximate surface area is 147 Å². The summed E-state index contributed by atoms with van der Waals surface area (Å²) >= 11 is 1.08. The van der Waals surface area contributed by atoms with Crippen molar-refractivity contribution in [3.8, 4) is 22.7 Å². The lowest BCUT2D eigenvalue weighted by atomic mass is 10.0. The van der Waals surface area contributed by atoms with Crippen LogP contribution in [0.2, 0.25) is 0 Å². The number of nitriles is 2. The van der Waals surface area contributed by atoms with Gasteiger partial charge in [-0.2, -0.15) is 10.5 Å². The number of benzene rings is 1. The highest BCUT2D eigenvalue weighted by Gasteiger charge is 2.24. The Bertz CT molecular complexity index is 1100. The Morgan fingerprint density at radius 1 is 1.36 bits per heavy atom. The number of fused-ring (bicyclic) bond motifs is 3. The lowest BCUT2D eigenvalue weighted by Gasteiger charge is -2.21. The second-order valence-electron chi connectivity index (χ2n) is 5.95. The summed E-state index contributed by atoms with van der Waals surface area (Å²) in [6.45, 7) is 0. The van der Waals surface area contributed by atoms with Gasteiger partial charge in [-0.05, 0) is 37.5 Å². The molecule has 0 saturated heterocycles. The largest absolute Gasteiger partial charge is 0.477 e. The predicted octanol–water partition coefficient (Wildman–Crippen LogP) is 3.74. The van der Waals surface area contributed by atoms with Crippen LogP contribution in [0, 0.1) is 22.7 Å². The molecule has 1 aliphatic heterocycles. The second-order valence-corrected chi connectivity index (χ2v) is 6.98. The van der Waals surface area contributed by atoms with Gasteiger partial charge in [0.25, 0.3) is 0 Å². The number of hydrogen-bond donors (Lipinski definition) is 1. The van der Waals surface area contributed by atoms with Crippen LogP contribution in [0.25, 0.3) is 21.5 Å². The molecule has 0 saturated carbocycles. The van der Waals surface area contributed by atoms with Crippen LogP contribution < -0.4 is 0 Å². The van der Waals surface area contributed by atoms with Crippen LogP contribution in [0.1, 0.15) is 39.8 Å². The average molecular weight is 348 g/mol. The highest BCUT2D eigenvalue weighted by Crippen LogP contribution is 2.36. The molecule has 4 rings (SSSR count). The molecule has 3 heterocycles. The van der Waals surface area contributed by atoms with E-state index >= 15 is 0 Å². The minimum Gasteiger partial charge on any atom is -0.477 e. The molecule has 3 aromatic rings. The number of carbonyl (C=O) groups is 1. The van der Waals surface area contributed by atoms with Crippen LogP contribution in [-0.4, -0.2) is 20.6 Å². The summed E-state index contributed by atoms with van der Waals surface area (Å²) in [6, 6.07) is 9.96. The summed E-state index contributed by atoms with van der Waals surface area (Å²) in [5, 5.41) is 29.6. The third kappa shape index (κ3) is 2.37. The minimum absolute atomic E-state index is 0.161. The maximum atomic E-state index is 11.1. The van der Waals surface area contributed by atoms with Gasteiger partial charge >= 0.3 is 5.97 Å². The van der Waals surface area contributed by atoms with Gasteiger partial charge in [0.1, 0.15) is 22.0 Å². The molecular weight excluding hydrogens is 336 g/mol. The van der Waals surface area contributed by atoms with Gasteiger partial charge in [0, 0.05) is 16.6 Å². The summed E-state index contributed by atoms with van der Waals surface area (Å²) < 4.78 is 1.98. The topological polar surface area (TPSA) is 103 Å². The molecule has 0 amide bonds. The highest BCUT2D eigenvalue weighted by molar-refractivity contribution is 7.16. The number of aryl methyl sites for hydroxylation is 1. The predicted molar refractivity (Wildman–Crippen MR) is 92.3 cm³/mol. The number of rotatable bonds is 2. The smallest absolute Gasteiger partial charge is 0.347 e. The van der Waals surface area contributed by atoms with E-state index in [-0.39, 0.29) is 10.9 Å². The normalized spacial score (nSPS) is 16.2. The number of carboxylic acid groups (broad SMARTS) is 1. The van der Waals surface area contributed by atoms with E-state index in [0.717, 1.165) is 52.8 Å². The summed E-state index contributed by atoms with van der Waals surface area (Å²) in [5.74, 6) is -1.01. The molecule has 6 nitrogen and oxygen atoms in total. The molecule has 0 aliphatic carbocycles. The maximum absolute atomic E-state index is 11.1. The van der Waals surface area contributed by atoms with Crippen molar-refractivity contribution in [2.24, 2.45) is 0 Å². The highest BCUT2D eigenvalue weighted by atomic mass is 32.1. The van der Waals surface area contributed by atoms with E-state index < -0.39 is 5.97 Å². The van der Waals surface area contributed by atoms with Crippen LogP contribution in [0.4, 0.5) is 0 Å². The number of aromatic carboxylic acids is 1. The fourth-order valence-electron chi connectivity index (χ4n) is 3.42. The molecule has 0 bridgehead atoms. The summed E-state index contributed by atoms with van der Waals surface area (Å²) in [5.41, 5.74) is 3.04. The molecule has 25 heavy (non-hydrogen) atoms. The van der Waals surface area contributed by atoms with Crippen molar-refractivity contribution in [2.75, 3.05) is 0 Å². The monoisotopic (exact) mass is 348 g/mol. The molecular formula is C18H12N4O2S. The van der Waals surface area contributed by atoms with Crippen LogP contribution in [0.3, 0.4) is 0 Å². The summed E-state index contributed by atoms with van der Waals surface area (Å²) in [7, 11) is 0. The van der Waals surface area contributed by atoms with Crippen molar-refractivity contribution in [1.29, 1.82) is 10.5 Å². The van der Waals surface area contributed by atoms with Crippen LogP contribution >= 0.6 is 11.3 Å². The fourth-order valence-corrected chi connectivity index (χ4v) is 4.16. The van der Waals surface area contributed by atoms with Gasteiger partial charge in [-0.15, -0.1) is 11.3 Å². The second kappa shape index (κ2) is 5.73. The molecule has 1 aliphatic rings. The van der Waals surface area contributed by atoms with Crippen molar-refractivity contribution in [1.82, 2.24) is 9.55 Å². The number of carboxylic acids is 1. The maximum Gasteiger partial charge on any atom is 0.347 e. The first-order valence-corrected chi connectivity index (χ1v) is 8.61. The zero-order chi connectivity index (χ0) is 17.6. The van der Waals surface area contributed by atoms with Crippen molar-refractivity contribution in [2.45, 2.75) is 25.3 Å². The molecule has 0 spiro atoms. The zero-order valence-corrected chi connectivity index (χ0v) is 13.9. The first kappa shape index (κ1) is 15.4. The van der Waals surface area contributed by atoms with Gasteiger partial charge in [-0.1, -0.05) is 0 Å². The number of nitrogens with zero attached hydrogens (tertiary/aromatic N) is 4. The van der Waals surface area contributed by atoms with Gasteiger partial charge in [0.05, 0.1) is 23.3 Å². The van der Waals surface area contributed by atoms with Crippen LogP contribution in [-0.2, 0) is 6.42 Å². The Morgan fingerprint density at radius 2 is 2.20 bits per heavy atom. The van der Waals surface area contributed by atoms with Crippen molar-refractivity contribution < 1.29 is 9.90 Å². The molecule has 1 N–H and O–H groups in total. The van der Waals surface area contributed by atoms with Gasteiger partial charge in [0.15, 0.2) is 0 Å². The Balaban J connectivity index is 1.94. The molecule has 0 fully saturated rings. The zero-order valence-electron chi connectivity index (χ0n) is 13.1. The SMILES string of the molecule is N#Cc1cc(-c2ncc(C(=O)O)s2)cc2cc3n(c12)[C@H](C#N)CCC3. The minimum atomic E-state index is -1.01. The van der Waals surface area contributed by atoms with E-state index in [1.54, 1.807) is 6.07 Å². The number of aromatic nitrogens is 2. The van der Waals surface area contributed by atoms with E-state index in [2.05, 4.69) is 17.1 Å².